The van der Waals surface area contributed by atoms with E-state index in [0.717, 1.165) is 5.56 Å². The Labute approximate surface area is 114 Å². The van der Waals surface area contributed by atoms with Crippen LogP contribution in [0.2, 0.25) is 0 Å². The monoisotopic (exact) mass is 285 g/mol. The standard InChI is InChI=1S/C12H15NO5S/c1-7-5-6-19-10(7)11(15)13-8(12(16)17)3-4-9(14)18-2/h5-6,8H,3-4H2,1-2H3,(H,13,15)(H,16,17)/t8-/m1/s1. The van der Waals surface area contributed by atoms with Crippen LogP contribution in [0.1, 0.15) is 28.1 Å². The van der Waals surface area contributed by atoms with Crippen molar-refractivity contribution in [1.29, 1.82) is 0 Å². The van der Waals surface area contributed by atoms with Crippen LogP contribution in [-0.2, 0) is 14.3 Å². The van der Waals surface area contributed by atoms with Crippen LogP contribution in [0, 0.1) is 6.92 Å². The van der Waals surface area contributed by atoms with Gasteiger partial charge in [0.1, 0.15) is 6.04 Å². The van der Waals surface area contributed by atoms with Gasteiger partial charge < -0.3 is 15.2 Å². The highest BCUT2D eigenvalue weighted by atomic mass is 32.1. The van der Waals surface area contributed by atoms with E-state index in [9.17, 15) is 14.4 Å². The molecule has 1 heterocycles. The van der Waals surface area contributed by atoms with Crippen LogP contribution in [0.3, 0.4) is 0 Å². The van der Waals surface area contributed by atoms with Gasteiger partial charge in [-0.25, -0.2) is 4.79 Å². The summed E-state index contributed by atoms with van der Waals surface area (Å²) in [6.07, 6.45) is -0.0602. The Morgan fingerprint density at radius 3 is 2.63 bits per heavy atom. The van der Waals surface area contributed by atoms with Crippen LogP contribution in [0.5, 0.6) is 0 Å². The van der Waals surface area contributed by atoms with Crippen molar-refractivity contribution in [3.63, 3.8) is 0 Å². The maximum Gasteiger partial charge on any atom is 0.326 e. The van der Waals surface area contributed by atoms with Gasteiger partial charge in [0.2, 0.25) is 0 Å². The van der Waals surface area contributed by atoms with Gasteiger partial charge in [0.15, 0.2) is 0 Å². The summed E-state index contributed by atoms with van der Waals surface area (Å²) in [5, 5.41) is 13.2. The molecule has 6 nitrogen and oxygen atoms in total. The third kappa shape index (κ3) is 4.36. The molecule has 1 rings (SSSR count). The molecule has 7 heteroatoms. The van der Waals surface area contributed by atoms with Gasteiger partial charge in [-0.3, -0.25) is 9.59 Å². The summed E-state index contributed by atoms with van der Waals surface area (Å²) >= 11 is 1.24. The van der Waals surface area contributed by atoms with Crippen molar-refractivity contribution >= 4 is 29.2 Å². The minimum atomic E-state index is -1.17. The average molecular weight is 285 g/mol. The Morgan fingerprint density at radius 1 is 1.47 bits per heavy atom. The number of carboxylic acid groups (broad SMARTS) is 1. The number of thiophene rings is 1. The zero-order valence-electron chi connectivity index (χ0n) is 10.6. The number of ether oxygens (including phenoxy) is 1. The maximum atomic E-state index is 11.9. The van der Waals surface area contributed by atoms with Gasteiger partial charge in [-0.15, -0.1) is 11.3 Å². The van der Waals surface area contributed by atoms with E-state index < -0.39 is 23.9 Å². The van der Waals surface area contributed by atoms with E-state index in [1.807, 2.05) is 0 Å². The fourth-order valence-electron chi connectivity index (χ4n) is 1.45. The number of hydrogen-bond acceptors (Lipinski definition) is 5. The van der Waals surface area contributed by atoms with Gasteiger partial charge in [0.05, 0.1) is 12.0 Å². The molecule has 0 spiro atoms. The Hall–Kier alpha value is -1.89. The summed E-state index contributed by atoms with van der Waals surface area (Å²) in [4.78, 5) is 34.4. The van der Waals surface area contributed by atoms with Crippen molar-refractivity contribution in [3.05, 3.63) is 21.9 Å². The van der Waals surface area contributed by atoms with Crippen LogP contribution in [0.25, 0.3) is 0 Å². The molecule has 0 saturated heterocycles. The highest BCUT2D eigenvalue weighted by molar-refractivity contribution is 7.12. The molecule has 19 heavy (non-hydrogen) atoms. The van der Waals surface area contributed by atoms with Gasteiger partial charge in [0, 0.05) is 6.42 Å². The summed E-state index contributed by atoms with van der Waals surface area (Å²) in [5.74, 6) is -2.12. The van der Waals surface area contributed by atoms with Gasteiger partial charge in [-0.05, 0) is 30.4 Å². The number of carbonyl (C=O) groups excluding carboxylic acids is 2. The lowest BCUT2D eigenvalue weighted by Crippen LogP contribution is -2.41. The molecule has 0 bridgehead atoms. The summed E-state index contributed by atoms with van der Waals surface area (Å²) < 4.78 is 4.43. The van der Waals surface area contributed by atoms with E-state index in [2.05, 4.69) is 10.1 Å². The van der Waals surface area contributed by atoms with E-state index in [-0.39, 0.29) is 12.8 Å². The largest absolute Gasteiger partial charge is 0.480 e. The van der Waals surface area contributed by atoms with Gasteiger partial charge in [-0.2, -0.15) is 0 Å². The van der Waals surface area contributed by atoms with Crippen LogP contribution in [-0.4, -0.2) is 36.1 Å². The summed E-state index contributed by atoms with van der Waals surface area (Å²) in [7, 11) is 1.23. The molecule has 1 aromatic rings. The van der Waals surface area contributed by atoms with Crippen LogP contribution in [0.15, 0.2) is 11.4 Å². The van der Waals surface area contributed by atoms with E-state index >= 15 is 0 Å². The number of nitrogens with one attached hydrogen (secondary N) is 1. The second-order valence-corrected chi connectivity index (χ2v) is 4.83. The molecule has 0 unspecified atom stereocenters. The molecular weight excluding hydrogens is 270 g/mol. The molecular formula is C12H15NO5S. The first kappa shape index (κ1) is 15.2. The lowest BCUT2D eigenvalue weighted by atomic mass is 10.1. The molecule has 0 aromatic carbocycles. The van der Waals surface area contributed by atoms with Crippen molar-refractivity contribution in [1.82, 2.24) is 5.32 Å². The molecule has 0 fully saturated rings. The quantitative estimate of drug-likeness (QED) is 0.766. The fraction of sp³-hybridized carbons (Fsp3) is 0.417. The van der Waals surface area contributed by atoms with Crippen molar-refractivity contribution in [2.75, 3.05) is 7.11 Å². The molecule has 104 valence electrons. The third-order valence-electron chi connectivity index (χ3n) is 2.54. The topological polar surface area (TPSA) is 92.7 Å². The second-order valence-electron chi connectivity index (χ2n) is 3.91. The van der Waals surface area contributed by atoms with Gasteiger partial charge >= 0.3 is 11.9 Å². The van der Waals surface area contributed by atoms with Crippen molar-refractivity contribution < 1.29 is 24.2 Å². The third-order valence-corrected chi connectivity index (χ3v) is 3.55. The number of carbonyl (C=O) groups is 3. The van der Waals surface area contributed by atoms with E-state index in [1.54, 1.807) is 18.4 Å². The van der Waals surface area contributed by atoms with E-state index in [0.29, 0.717) is 4.88 Å². The SMILES string of the molecule is COC(=O)CC[C@@H](NC(=O)c1sccc1C)C(=O)O. The number of hydrogen-bond donors (Lipinski definition) is 2. The molecule has 0 aliphatic carbocycles. The maximum absolute atomic E-state index is 11.9. The number of aryl methyl sites for hydroxylation is 1. The zero-order chi connectivity index (χ0) is 14.4. The molecule has 2 N–H and O–H groups in total. The first-order chi connectivity index (χ1) is 8.95. The van der Waals surface area contributed by atoms with Crippen molar-refractivity contribution in [3.8, 4) is 0 Å². The van der Waals surface area contributed by atoms with E-state index in [1.165, 1.54) is 18.4 Å². The molecule has 0 aliphatic rings. The first-order valence-electron chi connectivity index (χ1n) is 5.60. The van der Waals surface area contributed by atoms with E-state index in [4.69, 9.17) is 5.11 Å². The van der Waals surface area contributed by atoms with Crippen LogP contribution >= 0.6 is 11.3 Å². The number of rotatable bonds is 6. The number of carboxylic acids is 1. The molecule has 0 saturated carbocycles. The highest BCUT2D eigenvalue weighted by Gasteiger charge is 2.22. The number of esters is 1. The number of methoxy groups -OCH3 is 1. The second kappa shape index (κ2) is 6.89. The Kier molecular flexibility index (Phi) is 5.50. The fourth-order valence-corrected chi connectivity index (χ4v) is 2.28. The normalized spacial score (nSPS) is 11.7. The lowest BCUT2D eigenvalue weighted by molar-refractivity contribution is -0.142. The first-order valence-corrected chi connectivity index (χ1v) is 6.48. The smallest absolute Gasteiger partial charge is 0.326 e. The van der Waals surface area contributed by atoms with Crippen LogP contribution in [0.4, 0.5) is 0 Å². The van der Waals surface area contributed by atoms with Gasteiger partial charge in [0.25, 0.3) is 5.91 Å². The van der Waals surface area contributed by atoms with Crippen LogP contribution < -0.4 is 5.32 Å². The molecule has 0 aliphatic heterocycles. The molecule has 1 aromatic heterocycles. The number of amides is 1. The molecule has 1 amide bonds. The summed E-state index contributed by atoms with van der Waals surface area (Å²) in [5.41, 5.74) is 0.791. The van der Waals surface area contributed by atoms with Gasteiger partial charge in [-0.1, -0.05) is 0 Å². The molecule has 0 radical (unpaired) electrons. The summed E-state index contributed by atoms with van der Waals surface area (Å²) in [6, 6.07) is 0.678. The highest BCUT2D eigenvalue weighted by Crippen LogP contribution is 2.15. The average Bonchev–Trinajstić information content (AvgIpc) is 2.79. The predicted molar refractivity (Wildman–Crippen MR) is 69.2 cm³/mol. The van der Waals surface area contributed by atoms with Crippen molar-refractivity contribution in [2.45, 2.75) is 25.8 Å². The zero-order valence-corrected chi connectivity index (χ0v) is 11.5. The minimum absolute atomic E-state index is 0.00182. The summed E-state index contributed by atoms with van der Waals surface area (Å²) in [6.45, 7) is 1.77. The Morgan fingerprint density at radius 2 is 2.16 bits per heavy atom. The minimum Gasteiger partial charge on any atom is -0.480 e. The Balaban J connectivity index is 2.64. The molecule has 1 atom stereocenters. The Bertz CT molecular complexity index is 482. The number of aliphatic carboxylic acids is 1. The van der Waals surface area contributed by atoms with Crippen molar-refractivity contribution in [2.24, 2.45) is 0 Å². The lowest BCUT2D eigenvalue weighted by Gasteiger charge is -2.13. The predicted octanol–water partition coefficient (Wildman–Crippen LogP) is 1.19.